The van der Waals surface area contributed by atoms with Crippen LogP contribution in [-0.2, 0) is 9.84 Å². The van der Waals surface area contributed by atoms with Crippen LogP contribution < -0.4 is 5.32 Å². The van der Waals surface area contributed by atoms with Crippen LogP contribution in [0.5, 0.6) is 5.75 Å². The molecule has 110 valence electrons. The average molecular weight is 305 g/mol. The molecule has 2 N–H and O–H groups in total. The number of amides is 1. The highest BCUT2D eigenvalue weighted by Gasteiger charge is 2.52. The highest BCUT2D eigenvalue weighted by Crippen LogP contribution is 2.42. The number of sulfone groups is 1. The Morgan fingerprint density at radius 3 is 2.50 bits per heavy atom. The Kier molecular flexibility index (Phi) is 3.45. The van der Waals surface area contributed by atoms with Crippen molar-refractivity contribution in [2.45, 2.75) is 17.6 Å². The van der Waals surface area contributed by atoms with Gasteiger partial charge in [0.2, 0.25) is 0 Å². The minimum atomic E-state index is -3.35. The van der Waals surface area contributed by atoms with E-state index in [1.165, 1.54) is 0 Å². The molecule has 8 heteroatoms. The topological polar surface area (TPSA) is 83.5 Å². The number of benzene rings is 1. The molecule has 0 spiro atoms. The first-order valence-corrected chi connectivity index (χ1v) is 7.72. The van der Waals surface area contributed by atoms with Crippen molar-refractivity contribution < 1.29 is 27.1 Å². The van der Waals surface area contributed by atoms with Crippen LogP contribution in [0.3, 0.4) is 0 Å². The smallest absolute Gasteiger partial charge is 0.257 e. The van der Waals surface area contributed by atoms with Gasteiger partial charge in [-0.1, -0.05) is 0 Å². The third kappa shape index (κ3) is 2.47. The van der Waals surface area contributed by atoms with Crippen LogP contribution in [0.1, 0.15) is 23.2 Å². The van der Waals surface area contributed by atoms with Crippen LogP contribution >= 0.6 is 0 Å². The maximum absolute atomic E-state index is 13.5. The minimum absolute atomic E-state index is 0.209. The molecule has 5 nitrogen and oxygen atoms in total. The van der Waals surface area contributed by atoms with Gasteiger partial charge in [-0.05, 0) is 25.0 Å². The second kappa shape index (κ2) is 4.69. The molecule has 1 saturated carbocycles. The summed E-state index contributed by atoms with van der Waals surface area (Å²) in [7, 11) is -3.35. The van der Waals surface area contributed by atoms with Crippen LogP contribution in [0.4, 0.5) is 8.78 Å². The van der Waals surface area contributed by atoms with Crippen LogP contribution in [-0.4, -0.2) is 37.0 Å². The lowest BCUT2D eigenvalue weighted by molar-refractivity contribution is 0.0943. The van der Waals surface area contributed by atoms with Crippen molar-refractivity contribution in [3.05, 3.63) is 29.3 Å². The normalized spacial score (nSPS) is 16.8. The molecule has 0 heterocycles. The van der Waals surface area contributed by atoms with E-state index >= 15 is 0 Å². The number of halogens is 2. The first-order valence-electron chi connectivity index (χ1n) is 5.83. The lowest BCUT2D eigenvalue weighted by atomic mass is 10.1. The third-order valence-corrected chi connectivity index (χ3v) is 5.59. The van der Waals surface area contributed by atoms with E-state index in [4.69, 9.17) is 5.11 Å². The fourth-order valence-electron chi connectivity index (χ4n) is 1.90. The molecule has 0 aliphatic heterocycles. The summed E-state index contributed by atoms with van der Waals surface area (Å²) < 4.78 is 48.9. The summed E-state index contributed by atoms with van der Waals surface area (Å²) in [4.78, 5) is 11.7. The number of aromatic hydroxyl groups is 1. The van der Waals surface area contributed by atoms with Crippen LogP contribution in [0.2, 0.25) is 0 Å². The zero-order chi connectivity index (χ0) is 15.1. The zero-order valence-electron chi connectivity index (χ0n) is 10.6. The number of phenolic OH excluding ortho intramolecular Hbond substituents is 1. The molecule has 0 saturated heterocycles. The van der Waals surface area contributed by atoms with Gasteiger partial charge >= 0.3 is 0 Å². The molecule has 1 amide bonds. The van der Waals surface area contributed by atoms with Gasteiger partial charge in [-0.3, -0.25) is 4.79 Å². The van der Waals surface area contributed by atoms with Gasteiger partial charge in [0.25, 0.3) is 5.91 Å². The first-order chi connectivity index (χ1) is 9.18. The SMILES string of the molecule is CS(=O)(=O)C1(CNC(=O)c2c(F)ccc(O)c2F)CC1. The van der Waals surface area contributed by atoms with E-state index in [9.17, 15) is 22.0 Å². The van der Waals surface area contributed by atoms with Crippen LogP contribution in [0.25, 0.3) is 0 Å². The van der Waals surface area contributed by atoms with E-state index in [-0.39, 0.29) is 6.54 Å². The van der Waals surface area contributed by atoms with E-state index in [0.717, 1.165) is 18.4 Å². The zero-order valence-corrected chi connectivity index (χ0v) is 11.4. The summed E-state index contributed by atoms with van der Waals surface area (Å²) in [5.74, 6) is -4.43. The minimum Gasteiger partial charge on any atom is -0.505 e. The number of nitrogens with one attached hydrogen (secondary N) is 1. The van der Waals surface area contributed by atoms with Gasteiger partial charge in [0.15, 0.2) is 21.4 Å². The molecule has 20 heavy (non-hydrogen) atoms. The van der Waals surface area contributed by atoms with Gasteiger partial charge in [0, 0.05) is 12.8 Å². The van der Waals surface area contributed by atoms with Crippen molar-refractivity contribution >= 4 is 15.7 Å². The fourth-order valence-corrected chi connectivity index (χ4v) is 3.08. The molecule has 0 atom stereocenters. The van der Waals surface area contributed by atoms with E-state index in [2.05, 4.69) is 5.32 Å². The molecular formula is C12H13F2NO4S. The van der Waals surface area contributed by atoms with Crippen LogP contribution in [0.15, 0.2) is 12.1 Å². The summed E-state index contributed by atoms with van der Waals surface area (Å²) in [6, 6.07) is 1.55. The molecule has 2 rings (SSSR count). The number of carbonyl (C=O) groups is 1. The Bertz CT molecular complexity index is 668. The molecule has 1 aliphatic carbocycles. The Morgan fingerprint density at radius 2 is 2.00 bits per heavy atom. The predicted octanol–water partition coefficient (Wildman–Crippen LogP) is 0.977. The summed E-state index contributed by atoms with van der Waals surface area (Å²) in [6.45, 7) is -0.209. The molecule has 1 fully saturated rings. The number of carbonyl (C=O) groups excluding carboxylic acids is 1. The third-order valence-electron chi connectivity index (χ3n) is 3.46. The maximum Gasteiger partial charge on any atom is 0.257 e. The van der Waals surface area contributed by atoms with Gasteiger partial charge in [-0.2, -0.15) is 0 Å². The summed E-state index contributed by atoms with van der Waals surface area (Å²) >= 11 is 0. The largest absolute Gasteiger partial charge is 0.505 e. The number of hydrogen-bond donors (Lipinski definition) is 2. The van der Waals surface area contributed by atoms with Crippen LogP contribution in [0, 0.1) is 11.6 Å². The highest BCUT2D eigenvalue weighted by atomic mass is 32.2. The summed E-state index contributed by atoms with van der Waals surface area (Å²) in [6.07, 6.45) is 1.86. The lowest BCUT2D eigenvalue weighted by Gasteiger charge is -2.14. The molecular weight excluding hydrogens is 292 g/mol. The second-order valence-corrected chi connectivity index (χ2v) is 7.30. The van der Waals surface area contributed by atoms with Gasteiger partial charge in [0.1, 0.15) is 11.4 Å². The van der Waals surface area contributed by atoms with Gasteiger partial charge in [-0.25, -0.2) is 17.2 Å². The molecule has 0 bridgehead atoms. The quantitative estimate of drug-likeness (QED) is 0.868. The Hall–Kier alpha value is -1.70. The standard InChI is InChI=1S/C12H13F2NO4S/c1-20(18,19)12(4-5-12)6-15-11(17)9-7(13)2-3-8(16)10(9)14/h2-3,16H,4-6H2,1H3,(H,15,17). The predicted molar refractivity (Wildman–Crippen MR) is 67.2 cm³/mol. The van der Waals surface area contributed by atoms with Gasteiger partial charge in [0.05, 0.1) is 4.75 Å². The highest BCUT2D eigenvalue weighted by molar-refractivity contribution is 7.92. The Labute approximate surface area is 114 Å². The monoisotopic (exact) mass is 305 g/mol. The van der Waals surface area contributed by atoms with Crippen molar-refractivity contribution in [3.63, 3.8) is 0 Å². The van der Waals surface area contributed by atoms with Gasteiger partial charge < -0.3 is 10.4 Å². The molecule has 0 aromatic heterocycles. The van der Waals surface area contributed by atoms with Crippen molar-refractivity contribution in [2.24, 2.45) is 0 Å². The lowest BCUT2D eigenvalue weighted by Crippen LogP contribution is -2.38. The van der Waals surface area contributed by atoms with Crippen molar-refractivity contribution in [2.75, 3.05) is 12.8 Å². The first kappa shape index (κ1) is 14.7. The summed E-state index contributed by atoms with van der Waals surface area (Å²) in [5, 5.41) is 11.3. The Balaban J connectivity index is 2.17. The molecule has 1 aromatic carbocycles. The fraction of sp³-hybridized carbons (Fsp3) is 0.417. The molecule has 1 aromatic rings. The molecule has 0 radical (unpaired) electrons. The van der Waals surface area contributed by atoms with Gasteiger partial charge in [-0.15, -0.1) is 0 Å². The number of rotatable bonds is 4. The number of phenols is 1. The average Bonchev–Trinajstić information content (AvgIpc) is 3.12. The van der Waals surface area contributed by atoms with Crippen molar-refractivity contribution in [1.29, 1.82) is 0 Å². The maximum atomic E-state index is 13.5. The summed E-state index contributed by atoms with van der Waals surface area (Å²) in [5.41, 5.74) is -0.922. The van der Waals surface area contributed by atoms with E-state index in [1.54, 1.807) is 0 Å². The van der Waals surface area contributed by atoms with E-state index < -0.39 is 43.4 Å². The van der Waals surface area contributed by atoms with Crippen molar-refractivity contribution in [3.8, 4) is 5.75 Å². The van der Waals surface area contributed by atoms with E-state index in [1.807, 2.05) is 0 Å². The van der Waals surface area contributed by atoms with E-state index in [0.29, 0.717) is 12.8 Å². The Morgan fingerprint density at radius 1 is 1.40 bits per heavy atom. The molecule has 0 unspecified atom stereocenters. The number of hydrogen-bond acceptors (Lipinski definition) is 4. The second-order valence-electron chi connectivity index (χ2n) is 4.89. The molecule has 1 aliphatic rings. The van der Waals surface area contributed by atoms with Crippen molar-refractivity contribution in [1.82, 2.24) is 5.32 Å².